The van der Waals surface area contributed by atoms with Crippen molar-refractivity contribution in [2.45, 2.75) is 58.5 Å². The molecule has 1 aromatic rings. The number of benzene rings is 1. The average molecular weight is 312 g/mol. The van der Waals surface area contributed by atoms with Gasteiger partial charge in [0.05, 0.1) is 4.90 Å². The number of hydrogen-bond donors (Lipinski definition) is 1. The zero-order valence-corrected chi connectivity index (χ0v) is 14.8. The minimum absolute atomic E-state index is 0.378. The van der Waals surface area contributed by atoms with Gasteiger partial charge in [0, 0.05) is 25.2 Å². The van der Waals surface area contributed by atoms with Gasteiger partial charge < -0.3 is 0 Å². The molecule has 0 atom stereocenters. The predicted molar refractivity (Wildman–Crippen MR) is 88.1 cm³/mol. The molecule has 120 valence electrons. The van der Waals surface area contributed by atoms with Gasteiger partial charge in [0.1, 0.15) is 0 Å². The Kier molecular flexibility index (Phi) is 6.38. The van der Waals surface area contributed by atoms with E-state index in [2.05, 4.69) is 37.3 Å². The predicted octanol–water partition coefficient (Wildman–Crippen LogP) is 2.70. The quantitative estimate of drug-likeness (QED) is 0.842. The molecule has 0 saturated heterocycles. The fraction of sp³-hybridized carbons (Fsp3) is 0.625. The second-order valence-electron chi connectivity index (χ2n) is 6.09. The Morgan fingerprint density at radius 3 is 2.19 bits per heavy atom. The van der Waals surface area contributed by atoms with Crippen LogP contribution in [0.4, 0.5) is 0 Å². The van der Waals surface area contributed by atoms with Crippen LogP contribution in [0.3, 0.4) is 0 Å². The first-order valence-electron chi connectivity index (χ1n) is 7.48. The van der Waals surface area contributed by atoms with E-state index in [1.54, 1.807) is 6.07 Å². The van der Waals surface area contributed by atoms with E-state index in [0.29, 0.717) is 30.1 Å². The maximum atomic E-state index is 12.4. The van der Waals surface area contributed by atoms with E-state index in [-0.39, 0.29) is 0 Å². The third-order valence-electron chi connectivity index (χ3n) is 3.62. The highest BCUT2D eigenvalue weighted by Gasteiger charge is 2.18. The zero-order valence-electron chi connectivity index (χ0n) is 14.0. The van der Waals surface area contributed by atoms with Crippen LogP contribution in [-0.2, 0) is 10.0 Å². The minimum Gasteiger partial charge on any atom is -0.297 e. The zero-order chi connectivity index (χ0) is 16.2. The molecule has 21 heavy (non-hydrogen) atoms. The van der Waals surface area contributed by atoms with E-state index in [9.17, 15) is 8.42 Å². The summed E-state index contributed by atoms with van der Waals surface area (Å²) in [6.45, 7) is 13.3. The molecule has 0 aromatic heterocycles. The molecule has 0 aliphatic rings. The van der Waals surface area contributed by atoms with Crippen LogP contribution in [0.15, 0.2) is 23.1 Å². The van der Waals surface area contributed by atoms with Gasteiger partial charge in [-0.15, -0.1) is 0 Å². The first-order valence-corrected chi connectivity index (χ1v) is 8.96. The van der Waals surface area contributed by atoms with Crippen molar-refractivity contribution in [3.05, 3.63) is 29.3 Å². The van der Waals surface area contributed by atoms with E-state index >= 15 is 0 Å². The van der Waals surface area contributed by atoms with Gasteiger partial charge in [-0.3, -0.25) is 4.90 Å². The molecule has 1 N–H and O–H groups in total. The van der Waals surface area contributed by atoms with Crippen LogP contribution < -0.4 is 4.72 Å². The molecule has 1 rings (SSSR count). The van der Waals surface area contributed by atoms with Crippen LogP contribution in [0.1, 0.15) is 38.8 Å². The SMILES string of the molecule is Cc1ccc(C)c(S(=O)(=O)NCCN(C(C)C)C(C)C)c1. The highest BCUT2D eigenvalue weighted by atomic mass is 32.2. The maximum Gasteiger partial charge on any atom is 0.240 e. The summed E-state index contributed by atoms with van der Waals surface area (Å²) in [4.78, 5) is 2.65. The maximum absolute atomic E-state index is 12.4. The highest BCUT2D eigenvalue weighted by Crippen LogP contribution is 2.16. The van der Waals surface area contributed by atoms with Crippen molar-refractivity contribution < 1.29 is 8.42 Å². The van der Waals surface area contributed by atoms with Crippen LogP contribution in [0.5, 0.6) is 0 Å². The molecule has 5 heteroatoms. The lowest BCUT2D eigenvalue weighted by Gasteiger charge is -2.30. The van der Waals surface area contributed by atoms with Gasteiger partial charge in [-0.2, -0.15) is 0 Å². The Bertz CT molecular complexity index is 558. The van der Waals surface area contributed by atoms with Gasteiger partial charge >= 0.3 is 0 Å². The Labute approximate surface area is 129 Å². The van der Waals surface area contributed by atoms with Crippen molar-refractivity contribution in [1.82, 2.24) is 9.62 Å². The number of nitrogens with zero attached hydrogens (tertiary/aromatic N) is 1. The summed E-state index contributed by atoms with van der Waals surface area (Å²) in [5.41, 5.74) is 1.73. The molecule has 0 bridgehead atoms. The summed E-state index contributed by atoms with van der Waals surface area (Å²) in [5.74, 6) is 0. The molecule has 0 aliphatic carbocycles. The Morgan fingerprint density at radius 1 is 1.10 bits per heavy atom. The summed E-state index contributed by atoms with van der Waals surface area (Å²) >= 11 is 0. The normalized spacial score (nSPS) is 12.6. The number of hydrogen-bond acceptors (Lipinski definition) is 3. The molecule has 0 heterocycles. The van der Waals surface area contributed by atoms with E-state index in [1.807, 2.05) is 26.0 Å². The van der Waals surface area contributed by atoms with Gasteiger partial charge in [-0.05, 0) is 58.7 Å². The number of sulfonamides is 1. The van der Waals surface area contributed by atoms with Gasteiger partial charge in [-0.25, -0.2) is 13.1 Å². The van der Waals surface area contributed by atoms with Gasteiger partial charge in [0.15, 0.2) is 0 Å². The van der Waals surface area contributed by atoms with E-state index in [4.69, 9.17) is 0 Å². The van der Waals surface area contributed by atoms with Crippen LogP contribution in [-0.4, -0.2) is 38.5 Å². The molecule has 0 radical (unpaired) electrons. The van der Waals surface area contributed by atoms with Crippen molar-refractivity contribution in [3.8, 4) is 0 Å². The van der Waals surface area contributed by atoms with Crippen LogP contribution in [0, 0.1) is 13.8 Å². The lowest BCUT2D eigenvalue weighted by Crippen LogP contribution is -2.42. The lowest BCUT2D eigenvalue weighted by atomic mass is 10.2. The van der Waals surface area contributed by atoms with Crippen LogP contribution >= 0.6 is 0 Å². The van der Waals surface area contributed by atoms with Crippen LogP contribution in [0.25, 0.3) is 0 Å². The standard InChI is InChI=1S/C16H28N2O2S/c1-12(2)18(13(3)4)10-9-17-21(19,20)16-11-14(5)7-8-15(16)6/h7-8,11-13,17H,9-10H2,1-6H3. The van der Waals surface area contributed by atoms with Crippen molar-refractivity contribution >= 4 is 10.0 Å². The summed E-state index contributed by atoms with van der Waals surface area (Å²) in [6.07, 6.45) is 0. The largest absolute Gasteiger partial charge is 0.297 e. The summed E-state index contributed by atoms with van der Waals surface area (Å²) in [5, 5.41) is 0. The topological polar surface area (TPSA) is 49.4 Å². The smallest absolute Gasteiger partial charge is 0.240 e. The molecule has 1 aromatic carbocycles. The second kappa shape index (κ2) is 7.38. The van der Waals surface area contributed by atoms with Crippen molar-refractivity contribution in [3.63, 3.8) is 0 Å². The summed E-state index contributed by atoms with van der Waals surface area (Å²) < 4.78 is 27.5. The third kappa shape index (κ3) is 5.09. The molecular formula is C16H28N2O2S. The van der Waals surface area contributed by atoms with Crippen molar-refractivity contribution in [1.29, 1.82) is 0 Å². The lowest BCUT2D eigenvalue weighted by molar-refractivity contribution is 0.179. The fourth-order valence-electron chi connectivity index (χ4n) is 2.50. The summed E-state index contributed by atoms with van der Waals surface area (Å²) in [6, 6.07) is 6.29. The Balaban J connectivity index is 2.76. The monoisotopic (exact) mass is 312 g/mol. The van der Waals surface area contributed by atoms with Gasteiger partial charge in [0.25, 0.3) is 0 Å². The van der Waals surface area contributed by atoms with Gasteiger partial charge in [0.2, 0.25) is 10.0 Å². The molecule has 0 fully saturated rings. The highest BCUT2D eigenvalue weighted by molar-refractivity contribution is 7.89. The molecule has 4 nitrogen and oxygen atoms in total. The Hall–Kier alpha value is -0.910. The van der Waals surface area contributed by atoms with Crippen molar-refractivity contribution in [2.75, 3.05) is 13.1 Å². The van der Waals surface area contributed by atoms with Crippen molar-refractivity contribution in [2.24, 2.45) is 0 Å². The Morgan fingerprint density at radius 2 is 1.67 bits per heavy atom. The fourth-order valence-corrected chi connectivity index (χ4v) is 3.84. The molecule has 0 aliphatic heterocycles. The molecule has 0 saturated carbocycles. The molecule has 0 unspecified atom stereocenters. The minimum atomic E-state index is -3.44. The summed E-state index contributed by atoms with van der Waals surface area (Å²) in [7, 11) is -3.44. The number of aryl methyl sites for hydroxylation is 2. The van der Waals surface area contributed by atoms with Gasteiger partial charge in [-0.1, -0.05) is 12.1 Å². The average Bonchev–Trinajstić information content (AvgIpc) is 2.36. The first kappa shape index (κ1) is 18.1. The third-order valence-corrected chi connectivity index (χ3v) is 5.22. The molecular weight excluding hydrogens is 284 g/mol. The van der Waals surface area contributed by atoms with E-state index < -0.39 is 10.0 Å². The molecule has 0 amide bonds. The van der Waals surface area contributed by atoms with E-state index in [1.165, 1.54) is 0 Å². The number of rotatable bonds is 7. The first-order chi connectivity index (χ1) is 9.65. The number of nitrogens with one attached hydrogen (secondary N) is 1. The van der Waals surface area contributed by atoms with E-state index in [0.717, 1.165) is 11.1 Å². The van der Waals surface area contributed by atoms with Crippen LogP contribution in [0.2, 0.25) is 0 Å². The molecule has 0 spiro atoms. The second-order valence-corrected chi connectivity index (χ2v) is 7.83.